The fraction of sp³-hybridized carbons (Fsp3) is 0.588. The molecule has 26 heavy (non-hydrogen) atoms. The Balaban J connectivity index is 1.83. The van der Waals surface area contributed by atoms with Crippen molar-refractivity contribution in [1.29, 1.82) is 0 Å². The average molecular weight is 376 g/mol. The highest BCUT2D eigenvalue weighted by molar-refractivity contribution is 7.99. The summed E-state index contributed by atoms with van der Waals surface area (Å²) >= 11 is 1.74. The Morgan fingerprint density at radius 3 is 2.88 bits per heavy atom. The number of rotatable bonds is 4. The third kappa shape index (κ3) is 2.99. The molecule has 0 aromatic carbocycles. The predicted molar refractivity (Wildman–Crippen MR) is 102 cm³/mol. The van der Waals surface area contributed by atoms with E-state index in [-0.39, 0.29) is 16.8 Å². The minimum absolute atomic E-state index is 0.174. The number of thioether (sulfide) groups is 1. The lowest BCUT2D eigenvalue weighted by molar-refractivity contribution is 0.0483. The lowest BCUT2D eigenvalue weighted by Gasteiger charge is -2.45. The summed E-state index contributed by atoms with van der Waals surface area (Å²) < 4.78 is 11.6. The maximum atomic E-state index is 6.14. The summed E-state index contributed by atoms with van der Waals surface area (Å²) in [6.45, 7) is 8.39. The van der Waals surface area contributed by atoms with E-state index in [0.29, 0.717) is 25.8 Å². The normalized spacial score (nSPS) is 22.4. The smallest absolute Gasteiger partial charge is 0.229 e. The largest absolute Gasteiger partial charge is 0.486 e. The Hall–Kier alpha value is -2.00. The molecule has 140 valence electrons. The van der Waals surface area contributed by atoms with E-state index in [0.717, 1.165) is 22.9 Å². The zero-order valence-electron chi connectivity index (χ0n) is 15.4. The van der Waals surface area contributed by atoms with Gasteiger partial charge in [0.05, 0.1) is 41.9 Å². The summed E-state index contributed by atoms with van der Waals surface area (Å²) in [7, 11) is 0. The van der Waals surface area contributed by atoms with Crippen molar-refractivity contribution in [2.75, 3.05) is 36.3 Å². The number of nitrogens with one attached hydrogen (secondary N) is 2. The van der Waals surface area contributed by atoms with Gasteiger partial charge in [-0.1, -0.05) is 0 Å². The van der Waals surface area contributed by atoms with E-state index in [1.54, 1.807) is 24.2 Å². The van der Waals surface area contributed by atoms with Crippen molar-refractivity contribution >= 4 is 29.2 Å². The minimum atomic E-state index is -0.206. The molecule has 2 N–H and O–H groups in total. The van der Waals surface area contributed by atoms with Crippen LogP contribution in [0.5, 0.6) is 5.75 Å². The van der Waals surface area contributed by atoms with Crippen LogP contribution in [-0.2, 0) is 9.48 Å². The molecule has 0 radical (unpaired) electrons. The number of hydrogen-bond acceptors (Lipinski definition) is 8. The monoisotopic (exact) mass is 376 g/mol. The molecule has 0 unspecified atom stereocenters. The van der Waals surface area contributed by atoms with Gasteiger partial charge >= 0.3 is 0 Å². The third-order valence-electron chi connectivity index (χ3n) is 4.88. The summed E-state index contributed by atoms with van der Waals surface area (Å²) in [6.07, 6.45) is 5.57. The van der Waals surface area contributed by atoms with E-state index in [4.69, 9.17) is 19.4 Å². The van der Waals surface area contributed by atoms with Crippen LogP contribution in [0.1, 0.15) is 26.5 Å². The molecule has 2 aromatic heterocycles. The Kier molecular flexibility index (Phi) is 4.44. The second-order valence-corrected chi connectivity index (χ2v) is 8.56. The number of nitrogens with zero attached hydrogens (tertiary/aromatic N) is 4. The summed E-state index contributed by atoms with van der Waals surface area (Å²) in [5, 5.41) is 10.0. The number of ether oxygens (including phenoxy) is 2. The van der Waals surface area contributed by atoms with Gasteiger partial charge in [0.2, 0.25) is 5.95 Å². The van der Waals surface area contributed by atoms with Gasteiger partial charge in [-0.25, -0.2) is 4.98 Å². The van der Waals surface area contributed by atoms with Crippen LogP contribution < -0.4 is 15.0 Å². The standard InChI is InChI=1S/C17H24N6O2S/c1-10-7-24-8-12-9-25-13-14(17(2,3)26-4)21-16(22-15(13)23(10)12)20-11-5-18-19-6-11/h5-6,10,12H,7-9H2,1-4H3,(H,18,19)(H,20,21,22)/t10-,12+/m1/s1. The molecule has 0 amide bonds. The minimum Gasteiger partial charge on any atom is -0.486 e. The molecular weight excluding hydrogens is 352 g/mol. The molecule has 0 aliphatic carbocycles. The predicted octanol–water partition coefficient (Wildman–Crippen LogP) is 2.53. The molecule has 4 heterocycles. The quantitative estimate of drug-likeness (QED) is 0.842. The summed E-state index contributed by atoms with van der Waals surface area (Å²) in [5.74, 6) is 2.17. The summed E-state index contributed by atoms with van der Waals surface area (Å²) in [6, 6.07) is 0.409. The van der Waals surface area contributed by atoms with E-state index in [2.05, 4.69) is 47.4 Å². The highest BCUT2D eigenvalue weighted by Crippen LogP contribution is 2.45. The number of H-pyrrole nitrogens is 1. The molecule has 0 saturated carbocycles. The zero-order chi connectivity index (χ0) is 18.3. The van der Waals surface area contributed by atoms with Crippen molar-refractivity contribution in [2.24, 2.45) is 0 Å². The molecule has 1 fully saturated rings. The van der Waals surface area contributed by atoms with Crippen molar-refractivity contribution in [3.05, 3.63) is 18.1 Å². The topological polar surface area (TPSA) is 88.2 Å². The fourth-order valence-corrected chi connectivity index (χ4v) is 3.67. The molecule has 9 heteroatoms. The highest BCUT2D eigenvalue weighted by Gasteiger charge is 2.40. The SMILES string of the molecule is CSC(C)(C)c1nc(Nc2cn[nH]c2)nc2c1OC[C@@H]1COC[C@@H](C)N21. The van der Waals surface area contributed by atoms with Crippen LogP contribution in [0.3, 0.4) is 0 Å². The van der Waals surface area contributed by atoms with E-state index in [9.17, 15) is 0 Å². The van der Waals surface area contributed by atoms with Crippen LogP contribution in [-0.4, -0.2) is 58.3 Å². The van der Waals surface area contributed by atoms with Crippen LogP contribution in [0, 0.1) is 0 Å². The Bertz CT molecular complexity index is 782. The molecule has 2 aromatic rings. The van der Waals surface area contributed by atoms with E-state index in [1.165, 1.54) is 0 Å². The summed E-state index contributed by atoms with van der Waals surface area (Å²) in [4.78, 5) is 11.9. The van der Waals surface area contributed by atoms with Gasteiger partial charge in [-0.15, -0.1) is 0 Å². The zero-order valence-corrected chi connectivity index (χ0v) is 16.3. The Morgan fingerprint density at radius 2 is 2.15 bits per heavy atom. The Labute approximate surface area is 157 Å². The number of aromatic amines is 1. The van der Waals surface area contributed by atoms with E-state index < -0.39 is 0 Å². The second kappa shape index (κ2) is 6.62. The van der Waals surface area contributed by atoms with E-state index in [1.807, 2.05) is 0 Å². The fourth-order valence-electron chi connectivity index (χ4n) is 3.34. The van der Waals surface area contributed by atoms with Gasteiger partial charge in [0.25, 0.3) is 0 Å². The lowest BCUT2D eigenvalue weighted by Crippen LogP contribution is -2.56. The molecule has 0 spiro atoms. The average Bonchev–Trinajstić information content (AvgIpc) is 3.14. The van der Waals surface area contributed by atoms with Gasteiger partial charge in [0.1, 0.15) is 12.3 Å². The van der Waals surface area contributed by atoms with Gasteiger partial charge in [-0.05, 0) is 27.0 Å². The van der Waals surface area contributed by atoms with Crippen molar-refractivity contribution in [3.8, 4) is 5.75 Å². The van der Waals surface area contributed by atoms with Gasteiger partial charge in [0, 0.05) is 6.20 Å². The molecule has 0 bridgehead atoms. The molecule has 1 saturated heterocycles. The van der Waals surface area contributed by atoms with Gasteiger partial charge in [-0.2, -0.15) is 21.8 Å². The van der Waals surface area contributed by atoms with Crippen molar-refractivity contribution in [3.63, 3.8) is 0 Å². The first-order valence-corrected chi connectivity index (χ1v) is 9.94. The third-order valence-corrected chi connectivity index (χ3v) is 6.10. The highest BCUT2D eigenvalue weighted by atomic mass is 32.2. The van der Waals surface area contributed by atoms with Crippen LogP contribution in [0.2, 0.25) is 0 Å². The number of morpholine rings is 1. The molecule has 8 nitrogen and oxygen atoms in total. The first-order valence-electron chi connectivity index (χ1n) is 8.72. The van der Waals surface area contributed by atoms with Crippen molar-refractivity contribution in [2.45, 2.75) is 37.6 Å². The molecule has 4 rings (SSSR count). The Morgan fingerprint density at radius 1 is 1.31 bits per heavy atom. The first kappa shape index (κ1) is 17.4. The molecule has 2 aliphatic heterocycles. The van der Waals surface area contributed by atoms with Crippen molar-refractivity contribution in [1.82, 2.24) is 20.2 Å². The number of hydrogen-bond donors (Lipinski definition) is 2. The van der Waals surface area contributed by atoms with Gasteiger partial charge in [0.15, 0.2) is 11.6 Å². The summed E-state index contributed by atoms with van der Waals surface area (Å²) in [5.41, 5.74) is 1.72. The second-order valence-electron chi connectivity index (χ2n) is 7.13. The molecule has 2 aliphatic rings. The van der Waals surface area contributed by atoms with Crippen LogP contribution >= 0.6 is 11.8 Å². The first-order chi connectivity index (χ1) is 12.5. The maximum absolute atomic E-state index is 6.14. The van der Waals surface area contributed by atoms with E-state index >= 15 is 0 Å². The van der Waals surface area contributed by atoms with Gasteiger partial charge in [-0.3, -0.25) is 5.10 Å². The maximum Gasteiger partial charge on any atom is 0.229 e. The number of aromatic nitrogens is 4. The lowest BCUT2D eigenvalue weighted by atomic mass is 10.0. The van der Waals surface area contributed by atoms with Crippen LogP contribution in [0.15, 0.2) is 12.4 Å². The number of fused-ring (bicyclic) bond motifs is 3. The van der Waals surface area contributed by atoms with Gasteiger partial charge < -0.3 is 19.7 Å². The van der Waals surface area contributed by atoms with Crippen molar-refractivity contribution < 1.29 is 9.47 Å². The molecule has 2 atom stereocenters. The molecular formula is C17H24N6O2S. The number of anilines is 3. The van der Waals surface area contributed by atoms with Crippen LogP contribution in [0.25, 0.3) is 0 Å². The van der Waals surface area contributed by atoms with Crippen LogP contribution in [0.4, 0.5) is 17.5 Å².